The van der Waals surface area contributed by atoms with Gasteiger partial charge < -0.3 is 10.2 Å². The number of nitrogens with zero attached hydrogens (tertiary/aromatic N) is 1. The molecule has 0 aliphatic heterocycles. The molecule has 0 saturated heterocycles. The van der Waals surface area contributed by atoms with Crippen molar-refractivity contribution in [1.29, 1.82) is 0 Å². The standard InChI is InChI=1S/C25H31BrN2O2/c1-18-8-6-9-20(14-18)16-24(29)28(17-21-10-7-11-22(26)15-21)19(2)25(30)27-23-12-4-3-5-13-23/h6-11,14-15,19,23H,3-5,12-13,16-17H2,1-2H3,(H,27,30). The van der Waals surface area contributed by atoms with E-state index in [-0.39, 0.29) is 24.3 Å². The molecule has 1 saturated carbocycles. The Balaban J connectivity index is 1.76. The first-order chi connectivity index (χ1) is 14.4. The molecule has 2 aromatic rings. The number of halogens is 1. The van der Waals surface area contributed by atoms with Gasteiger partial charge in [-0.15, -0.1) is 0 Å². The van der Waals surface area contributed by atoms with Crippen molar-refractivity contribution in [2.24, 2.45) is 0 Å². The van der Waals surface area contributed by atoms with Crippen molar-refractivity contribution >= 4 is 27.7 Å². The van der Waals surface area contributed by atoms with Gasteiger partial charge in [0.1, 0.15) is 6.04 Å². The predicted octanol–water partition coefficient (Wildman–Crippen LogP) is 5.17. The molecule has 30 heavy (non-hydrogen) atoms. The fraction of sp³-hybridized carbons (Fsp3) is 0.440. The fourth-order valence-electron chi connectivity index (χ4n) is 4.08. The summed E-state index contributed by atoms with van der Waals surface area (Å²) in [5, 5.41) is 3.18. The second kappa shape index (κ2) is 10.8. The van der Waals surface area contributed by atoms with Crippen LogP contribution >= 0.6 is 15.9 Å². The number of nitrogens with one attached hydrogen (secondary N) is 1. The van der Waals surface area contributed by atoms with Crippen LogP contribution in [0.3, 0.4) is 0 Å². The van der Waals surface area contributed by atoms with Gasteiger partial charge in [-0.1, -0.05) is 77.2 Å². The molecule has 2 amide bonds. The molecule has 1 aliphatic carbocycles. The van der Waals surface area contributed by atoms with Gasteiger partial charge in [-0.25, -0.2) is 0 Å². The van der Waals surface area contributed by atoms with Gasteiger partial charge in [-0.2, -0.15) is 0 Å². The molecule has 4 nitrogen and oxygen atoms in total. The summed E-state index contributed by atoms with van der Waals surface area (Å²) in [5.41, 5.74) is 3.10. The normalized spacial score (nSPS) is 15.4. The lowest BCUT2D eigenvalue weighted by atomic mass is 9.95. The van der Waals surface area contributed by atoms with E-state index < -0.39 is 6.04 Å². The summed E-state index contributed by atoms with van der Waals surface area (Å²) >= 11 is 3.50. The van der Waals surface area contributed by atoms with E-state index in [4.69, 9.17) is 0 Å². The quantitative estimate of drug-likeness (QED) is 0.606. The first-order valence-electron chi connectivity index (χ1n) is 10.8. The van der Waals surface area contributed by atoms with Crippen LogP contribution in [0.25, 0.3) is 0 Å². The highest BCUT2D eigenvalue weighted by molar-refractivity contribution is 9.10. The molecule has 3 rings (SSSR count). The number of hydrogen-bond donors (Lipinski definition) is 1. The zero-order chi connectivity index (χ0) is 21.5. The number of benzene rings is 2. The Morgan fingerprint density at radius 1 is 1.07 bits per heavy atom. The largest absolute Gasteiger partial charge is 0.352 e. The first-order valence-corrected chi connectivity index (χ1v) is 11.6. The lowest BCUT2D eigenvalue weighted by Gasteiger charge is -2.31. The lowest BCUT2D eigenvalue weighted by Crippen LogP contribution is -2.50. The highest BCUT2D eigenvalue weighted by Crippen LogP contribution is 2.19. The molecule has 1 unspecified atom stereocenters. The van der Waals surface area contributed by atoms with Crippen LogP contribution in [0, 0.1) is 6.92 Å². The van der Waals surface area contributed by atoms with Crippen LogP contribution in [0.15, 0.2) is 53.0 Å². The second-order valence-corrected chi connectivity index (χ2v) is 9.25. The maximum absolute atomic E-state index is 13.3. The minimum atomic E-state index is -0.525. The van der Waals surface area contributed by atoms with Gasteiger partial charge in [-0.3, -0.25) is 9.59 Å². The van der Waals surface area contributed by atoms with E-state index >= 15 is 0 Å². The Bertz CT molecular complexity index is 877. The number of rotatable bonds is 7. The van der Waals surface area contributed by atoms with Crippen LogP contribution in [0.2, 0.25) is 0 Å². The Labute approximate surface area is 188 Å². The lowest BCUT2D eigenvalue weighted by molar-refractivity contribution is -0.140. The summed E-state index contributed by atoms with van der Waals surface area (Å²) < 4.78 is 0.963. The Morgan fingerprint density at radius 2 is 1.77 bits per heavy atom. The second-order valence-electron chi connectivity index (χ2n) is 8.34. The monoisotopic (exact) mass is 470 g/mol. The topological polar surface area (TPSA) is 49.4 Å². The van der Waals surface area contributed by atoms with E-state index in [0.717, 1.165) is 46.8 Å². The molecule has 5 heteroatoms. The minimum Gasteiger partial charge on any atom is -0.352 e. The molecule has 1 fully saturated rings. The van der Waals surface area contributed by atoms with Crippen molar-refractivity contribution in [2.75, 3.05) is 0 Å². The smallest absolute Gasteiger partial charge is 0.242 e. The van der Waals surface area contributed by atoms with Gasteiger partial charge in [-0.05, 0) is 49.9 Å². The van der Waals surface area contributed by atoms with Gasteiger partial charge >= 0.3 is 0 Å². The summed E-state index contributed by atoms with van der Waals surface area (Å²) in [6, 6.07) is 15.6. The molecule has 2 aromatic carbocycles. The number of amides is 2. The Morgan fingerprint density at radius 3 is 2.47 bits per heavy atom. The molecule has 160 valence electrons. The zero-order valence-electron chi connectivity index (χ0n) is 17.9. The van der Waals surface area contributed by atoms with Crippen molar-refractivity contribution in [3.8, 4) is 0 Å². The average Bonchev–Trinajstić information content (AvgIpc) is 2.72. The molecule has 0 aromatic heterocycles. The fourth-order valence-corrected chi connectivity index (χ4v) is 4.53. The summed E-state index contributed by atoms with van der Waals surface area (Å²) in [7, 11) is 0. The van der Waals surface area contributed by atoms with Crippen molar-refractivity contribution in [3.63, 3.8) is 0 Å². The van der Waals surface area contributed by atoms with Crippen molar-refractivity contribution in [2.45, 2.75) is 71.0 Å². The molecule has 0 radical (unpaired) electrons. The molecule has 0 heterocycles. The maximum Gasteiger partial charge on any atom is 0.242 e. The van der Waals surface area contributed by atoms with Gasteiger partial charge in [0.05, 0.1) is 6.42 Å². The summed E-state index contributed by atoms with van der Waals surface area (Å²) in [6.07, 6.45) is 5.91. The molecular weight excluding hydrogens is 440 g/mol. The SMILES string of the molecule is Cc1cccc(CC(=O)N(Cc2cccc(Br)c2)C(C)C(=O)NC2CCCCC2)c1. The molecule has 0 bridgehead atoms. The van der Waals surface area contributed by atoms with E-state index in [1.807, 2.05) is 62.4 Å². The van der Waals surface area contributed by atoms with Gasteiger partial charge in [0.25, 0.3) is 0 Å². The highest BCUT2D eigenvalue weighted by Gasteiger charge is 2.28. The number of carbonyl (C=O) groups excluding carboxylic acids is 2. The molecule has 0 spiro atoms. The number of aryl methyl sites for hydroxylation is 1. The van der Waals surface area contributed by atoms with Crippen LogP contribution in [-0.2, 0) is 22.6 Å². The first kappa shape index (κ1) is 22.5. The van der Waals surface area contributed by atoms with Crippen LogP contribution in [0.1, 0.15) is 55.7 Å². The average molecular weight is 471 g/mol. The summed E-state index contributed by atoms with van der Waals surface area (Å²) in [5.74, 6) is -0.0960. The van der Waals surface area contributed by atoms with E-state index in [1.54, 1.807) is 4.90 Å². The van der Waals surface area contributed by atoms with Crippen LogP contribution in [-0.4, -0.2) is 28.8 Å². The Kier molecular flexibility index (Phi) is 8.08. The van der Waals surface area contributed by atoms with Crippen LogP contribution < -0.4 is 5.32 Å². The predicted molar refractivity (Wildman–Crippen MR) is 124 cm³/mol. The van der Waals surface area contributed by atoms with E-state index in [1.165, 1.54) is 6.42 Å². The third-order valence-electron chi connectivity index (χ3n) is 5.80. The molecular formula is C25H31BrN2O2. The van der Waals surface area contributed by atoms with Crippen molar-refractivity contribution < 1.29 is 9.59 Å². The van der Waals surface area contributed by atoms with Crippen molar-refractivity contribution in [3.05, 3.63) is 69.7 Å². The molecule has 1 atom stereocenters. The van der Waals surface area contributed by atoms with Gasteiger partial charge in [0, 0.05) is 17.1 Å². The Hall–Kier alpha value is -2.14. The third-order valence-corrected chi connectivity index (χ3v) is 6.29. The van der Waals surface area contributed by atoms with E-state index in [9.17, 15) is 9.59 Å². The maximum atomic E-state index is 13.3. The zero-order valence-corrected chi connectivity index (χ0v) is 19.5. The summed E-state index contributed by atoms with van der Waals surface area (Å²) in [4.78, 5) is 28.0. The van der Waals surface area contributed by atoms with Crippen LogP contribution in [0.5, 0.6) is 0 Å². The van der Waals surface area contributed by atoms with E-state index in [2.05, 4.69) is 21.2 Å². The number of hydrogen-bond acceptors (Lipinski definition) is 2. The molecule has 1 aliphatic rings. The van der Waals surface area contributed by atoms with Gasteiger partial charge in [0.2, 0.25) is 11.8 Å². The third kappa shape index (κ3) is 6.43. The van der Waals surface area contributed by atoms with Crippen LogP contribution in [0.4, 0.5) is 0 Å². The molecule has 1 N–H and O–H groups in total. The van der Waals surface area contributed by atoms with Crippen molar-refractivity contribution in [1.82, 2.24) is 10.2 Å². The minimum absolute atomic E-state index is 0.0353. The number of carbonyl (C=O) groups is 2. The highest BCUT2D eigenvalue weighted by atomic mass is 79.9. The van der Waals surface area contributed by atoms with E-state index in [0.29, 0.717) is 6.54 Å². The van der Waals surface area contributed by atoms with Gasteiger partial charge in [0.15, 0.2) is 0 Å². The summed E-state index contributed by atoms with van der Waals surface area (Å²) in [6.45, 7) is 4.26.